The van der Waals surface area contributed by atoms with E-state index in [9.17, 15) is 0 Å². The van der Waals surface area contributed by atoms with Crippen LogP contribution in [0.25, 0.3) is 0 Å². The average molecular weight is 295 g/mol. The third kappa shape index (κ3) is 3.55. The standard InChI is InChI=1S/C17H27ClN2/c1-13-7-14(2)10-17(9-13,12-19)20(3)11-15-5-4-6-16(18)8-15/h4-6,8,13-14H,7,9-12,19H2,1-3H3. The summed E-state index contributed by atoms with van der Waals surface area (Å²) in [4.78, 5) is 2.45. The minimum atomic E-state index is 0.138. The lowest BCUT2D eigenvalue weighted by Gasteiger charge is -2.48. The topological polar surface area (TPSA) is 29.3 Å². The van der Waals surface area contributed by atoms with Crippen molar-refractivity contribution in [1.82, 2.24) is 4.90 Å². The lowest BCUT2D eigenvalue weighted by molar-refractivity contribution is 0.0333. The van der Waals surface area contributed by atoms with Crippen molar-refractivity contribution in [3.05, 3.63) is 34.9 Å². The molecule has 20 heavy (non-hydrogen) atoms. The van der Waals surface area contributed by atoms with Gasteiger partial charge in [-0.2, -0.15) is 0 Å². The van der Waals surface area contributed by atoms with Gasteiger partial charge in [-0.3, -0.25) is 4.90 Å². The number of benzene rings is 1. The molecular weight excluding hydrogens is 268 g/mol. The Kier molecular flexibility index (Phi) is 5.11. The van der Waals surface area contributed by atoms with Crippen LogP contribution in [-0.4, -0.2) is 24.0 Å². The van der Waals surface area contributed by atoms with E-state index in [1.54, 1.807) is 0 Å². The van der Waals surface area contributed by atoms with Crippen molar-refractivity contribution in [2.45, 2.75) is 45.2 Å². The molecule has 112 valence electrons. The van der Waals surface area contributed by atoms with Gasteiger partial charge < -0.3 is 5.73 Å². The highest BCUT2D eigenvalue weighted by Crippen LogP contribution is 2.39. The quantitative estimate of drug-likeness (QED) is 0.912. The Bertz CT molecular complexity index is 436. The fraction of sp³-hybridized carbons (Fsp3) is 0.647. The Hall–Kier alpha value is -0.570. The predicted octanol–water partition coefficient (Wildman–Crippen LogP) is 3.93. The summed E-state index contributed by atoms with van der Waals surface area (Å²) >= 11 is 6.09. The van der Waals surface area contributed by atoms with E-state index in [2.05, 4.69) is 37.9 Å². The lowest BCUT2D eigenvalue weighted by Crippen LogP contribution is -2.55. The Morgan fingerprint density at radius 2 is 1.95 bits per heavy atom. The Morgan fingerprint density at radius 3 is 2.50 bits per heavy atom. The smallest absolute Gasteiger partial charge is 0.0409 e. The van der Waals surface area contributed by atoms with E-state index < -0.39 is 0 Å². The third-order valence-electron chi connectivity index (χ3n) is 4.76. The molecule has 0 spiro atoms. The molecule has 2 N–H and O–H groups in total. The van der Waals surface area contributed by atoms with Crippen molar-refractivity contribution in [3.8, 4) is 0 Å². The van der Waals surface area contributed by atoms with Crippen molar-refractivity contribution in [3.63, 3.8) is 0 Å². The van der Waals surface area contributed by atoms with Gasteiger partial charge in [0.15, 0.2) is 0 Å². The summed E-state index contributed by atoms with van der Waals surface area (Å²) in [6, 6.07) is 8.14. The number of rotatable bonds is 4. The minimum Gasteiger partial charge on any atom is -0.329 e. The number of likely N-dealkylation sites (N-methyl/N-ethyl adjacent to an activating group) is 1. The number of hydrogen-bond acceptors (Lipinski definition) is 2. The van der Waals surface area contributed by atoms with Gasteiger partial charge in [0.2, 0.25) is 0 Å². The molecule has 0 aliphatic heterocycles. The van der Waals surface area contributed by atoms with Gasteiger partial charge in [-0.1, -0.05) is 37.6 Å². The molecule has 3 heteroatoms. The van der Waals surface area contributed by atoms with E-state index in [-0.39, 0.29) is 5.54 Å². The highest BCUT2D eigenvalue weighted by atomic mass is 35.5. The summed E-state index contributed by atoms with van der Waals surface area (Å²) in [5.41, 5.74) is 7.58. The van der Waals surface area contributed by atoms with E-state index in [4.69, 9.17) is 17.3 Å². The van der Waals surface area contributed by atoms with Gasteiger partial charge in [-0.15, -0.1) is 0 Å². The predicted molar refractivity (Wildman–Crippen MR) is 86.9 cm³/mol. The molecule has 2 rings (SSSR count). The summed E-state index contributed by atoms with van der Waals surface area (Å²) in [5, 5.41) is 0.808. The zero-order valence-corrected chi connectivity index (χ0v) is 13.7. The summed E-state index contributed by atoms with van der Waals surface area (Å²) in [6.07, 6.45) is 3.72. The molecule has 0 heterocycles. The molecule has 2 atom stereocenters. The molecule has 0 amide bonds. The molecule has 1 aromatic carbocycles. The van der Waals surface area contributed by atoms with Crippen LogP contribution in [0.15, 0.2) is 24.3 Å². The van der Waals surface area contributed by atoms with Crippen LogP contribution in [0.2, 0.25) is 5.02 Å². The van der Waals surface area contributed by atoms with Crippen LogP contribution in [0.4, 0.5) is 0 Å². The largest absolute Gasteiger partial charge is 0.329 e. The fourth-order valence-electron chi connectivity index (χ4n) is 3.95. The lowest BCUT2D eigenvalue weighted by atomic mass is 9.70. The van der Waals surface area contributed by atoms with Crippen molar-refractivity contribution in [2.24, 2.45) is 17.6 Å². The molecular formula is C17H27ClN2. The van der Waals surface area contributed by atoms with Gasteiger partial charge in [0.05, 0.1) is 0 Å². The molecule has 1 aliphatic rings. The first kappa shape index (κ1) is 15.8. The number of nitrogens with zero attached hydrogens (tertiary/aromatic N) is 1. The van der Waals surface area contributed by atoms with Crippen molar-refractivity contribution in [2.75, 3.05) is 13.6 Å². The van der Waals surface area contributed by atoms with E-state index in [1.165, 1.54) is 24.8 Å². The zero-order chi connectivity index (χ0) is 14.8. The number of hydrogen-bond donors (Lipinski definition) is 1. The van der Waals surface area contributed by atoms with Crippen LogP contribution in [0, 0.1) is 11.8 Å². The van der Waals surface area contributed by atoms with E-state index in [1.807, 2.05) is 12.1 Å². The molecule has 2 unspecified atom stereocenters. The maximum Gasteiger partial charge on any atom is 0.0409 e. The van der Waals surface area contributed by atoms with Gasteiger partial charge in [-0.05, 0) is 55.8 Å². The maximum atomic E-state index is 6.18. The van der Waals surface area contributed by atoms with E-state index in [0.29, 0.717) is 0 Å². The summed E-state index contributed by atoms with van der Waals surface area (Å²) in [6.45, 7) is 6.36. The minimum absolute atomic E-state index is 0.138. The maximum absolute atomic E-state index is 6.18. The number of halogens is 1. The second-order valence-electron chi connectivity index (χ2n) is 6.77. The molecule has 0 saturated heterocycles. The summed E-state index contributed by atoms with van der Waals surface area (Å²) < 4.78 is 0. The summed E-state index contributed by atoms with van der Waals surface area (Å²) in [5.74, 6) is 1.51. The highest BCUT2D eigenvalue weighted by Gasteiger charge is 2.39. The van der Waals surface area contributed by atoms with Crippen LogP contribution in [0.1, 0.15) is 38.7 Å². The fourth-order valence-corrected chi connectivity index (χ4v) is 4.16. The van der Waals surface area contributed by atoms with Gasteiger partial charge >= 0.3 is 0 Å². The SMILES string of the molecule is CC1CC(C)CC(CN)(N(C)Cc2cccc(Cl)c2)C1. The van der Waals surface area contributed by atoms with Crippen molar-refractivity contribution in [1.29, 1.82) is 0 Å². The summed E-state index contributed by atoms with van der Waals surface area (Å²) in [7, 11) is 2.21. The molecule has 1 saturated carbocycles. The van der Waals surface area contributed by atoms with Gasteiger partial charge in [0.1, 0.15) is 0 Å². The highest BCUT2D eigenvalue weighted by molar-refractivity contribution is 6.30. The molecule has 1 aromatic rings. The molecule has 0 aromatic heterocycles. The van der Waals surface area contributed by atoms with Crippen LogP contribution in [-0.2, 0) is 6.54 Å². The first-order valence-corrected chi connectivity index (χ1v) is 7.99. The van der Waals surface area contributed by atoms with Crippen LogP contribution in [0.3, 0.4) is 0 Å². The molecule has 0 bridgehead atoms. The van der Waals surface area contributed by atoms with E-state index >= 15 is 0 Å². The second-order valence-corrected chi connectivity index (χ2v) is 7.21. The van der Waals surface area contributed by atoms with E-state index in [0.717, 1.165) is 29.9 Å². The zero-order valence-electron chi connectivity index (χ0n) is 12.9. The van der Waals surface area contributed by atoms with Crippen LogP contribution in [0.5, 0.6) is 0 Å². The van der Waals surface area contributed by atoms with Crippen molar-refractivity contribution < 1.29 is 0 Å². The van der Waals surface area contributed by atoms with Crippen molar-refractivity contribution >= 4 is 11.6 Å². The Labute approximate surface area is 128 Å². The van der Waals surface area contributed by atoms with Crippen LogP contribution < -0.4 is 5.73 Å². The molecule has 1 aliphatic carbocycles. The molecule has 2 nitrogen and oxygen atoms in total. The molecule has 1 fully saturated rings. The normalized spacial score (nSPS) is 30.7. The average Bonchev–Trinajstić information content (AvgIpc) is 2.37. The monoisotopic (exact) mass is 294 g/mol. The van der Waals surface area contributed by atoms with Crippen LogP contribution >= 0.6 is 11.6 Å². The Balaban J connectivity index is 2.14. The third-order valence-corrected chi connectivity index (χ3v) is 5.00. The first-order chi connectivity index (χ1) is 9.45. The first-order valence-electron chi connectivity index (χ1n) is 7.61. The Morgan fingerprint density at radius 1 is 1.30 bits per heavy atom. The number of nitrogens with two attached hydrogens (primary N) is 1. The molecule has 0 radical (unpaired) electrons. The van der Waals surface area contributed by atoms with Gasteiger partial charge in [0, 0.05) is 23.7 Å². The van der Waals surface area contributed by atoms with Gasteiger partial charge in [0.25, 0.3) is 0 Å². The second kappa shape index (κ2) is 6.46. The van der Waals surface area contributed by atoms with Gasteiger partial charge in [-0.25, -0.2) is 0 Å².